The summed E-state index contributed by atoms with van der Waals surface area (Å²) in [5.41, 5.74) is 2.42. The van der Waals surface area contributed by atoms with Crippen LogP contribution in [0.5, 0.6) is 0 Å². The largest absolute Gasteiger partial charge is 0.357 e. The summed E-state index contributed by atoms with van der Waals surface area (Å²) in [5, 5.41) is 19.7. The lowest BCUT2D eigenvalue weighted by Gasteiger charge is -2.16. The predicted molar refractivity (Wildman–Crippen MR) is 128 cm³/mol. The van der Waals surface area contributed by atoms with Crippen LogP contribution in [0.4, 0.5) is 0 Å². The van der Waals surface area contributed by atoms with Gasteiger partial charge < -0.3 is 15.2 Å². The number of aryl methyl sites for hydroxylation is 1. The molecule has 9 heteroatoms. The van der Waals surface area contributed by atoms with Gasteiger partial charge in [-0.15, -0.1) is 34.2 Å². The molecule has 30 heavy (non-hydrogen) atoms. The number of hydrogen-bond donors (Lipinski definition) is 2. The second kappa shape index (κ2) is 11.1. The number of fused-ring (bicyclic) bond motifs is 1. The molecule has 4 rings (SSSR count). The molecule has 3 heterocycles. The maximum Gasteiger partial charge on any atom is 0.191 e. The number of aromatic nitrogens is 5. The Morgan fingerprint density at radius 3 is 2.77 bits per heavy atom. The van der Waals surface area contributed by atoms with Crippen molar-refractivity contribution in [2.24, 2.45) is 4.99 Å². The fraction of sp³-hybridized carbons (Fsp3) is 0.429. The Labute approximate surface area is 194 Å². The minimum Gasteiger partial charge on any atom is -0.357 e. The summed E-state index contributed by atoms with van der Waals surface area (Å²) in [6.45, 7) is 5.85. The molecule has 8 nitrogen and oxygen atoms in total. The number of aliphatic imine (C=N–C) groups is 1. The van der Waals surface area contributed by atoms with Crippen molar-refractivity contribution in [2.75, 3.05) is 6.54 Å². The maximum atomic E-state index is 4.79. The first-order valence-electron chi connectivity index (χ1n) is 10.3. The molecule has 0 fully saturated rings. The van der Waals surface area contributed by atoms with E-state index in [-0.39, 0.29) is 24.0 Å². The van der Waals surface area contributed by atoms with Crippen molar-refractivity contribution < 1.29 is 0 Å². The Kier molecular flexibility index (Phi) is 8.23. The fourth-order valence-electron chi connectivity index (χ4n) is 3.60. The van der Waals surface area contributed by atoms with Gasteiger partial charge in [0.25, 0.3) is 0 Å². The number of hydrogen-bond acceptors (Lipinski definition) is 4. The molecule has 0 radical (unpaired) electrons. The number of benzene rings is 1. The van der Waals surface area contributed by atoms with Crippen molar-refractivity contribution in [1.82, 2.24) is 35.2 Å². The molecule has 2 aromatic heterocycles. The van der Waals surface area contributed by atoms with Crippen LogP contribution in [0, 0.1) is 0 Å². The molecular weight excluding hydrogens is 491 g/mol. The van der Waals surface area contributed by atoms with E-state index in [0.717, 1.165) is 43.7 Å². The minimum absolute atomic E-state index is 0. The van der Waals surface area contributed by atoms with Gasteiger partial charge in [-0.3, -0.25) is 4.68 Å². The highest BCUT2D eigenvalue weighted by atomic mass is 127. The third-order valence-corrected chi connectivity index (χ3v) is 5.11. The molecule has 0 aliphatic carbocycles. The van der Waals surface area contributed by atoms with Crippen LogP contribution in [0.15, 0.2) is 47.7 Å². The highest BCUT2D eigenvalue weighted by Crippen LogP contribution is 2.14. The van der Waals surface area contributed by atoms with Crippen molar-refractivity contribution in [3.8, 4) is 0 Å². The second-order valence-corrected chi connectivity index (χ2v) is 7.16. The van der Waals surface area contributed by atoms with E-state index in [1.165, 1.54) is 24.0 Å². The fourth-order valence-corrected chi connectivity index (χ4v) is 3.60. The second-order valence-electron chi connectivity index (χ2n) is 7.16. The molecule has 0 spiro atoms. The van der Waals surface area contributed by atoms with Crippen LogP contribution in [0.25, 0.3) is 0 Å². The highest BCUT2D eigenvalue weighted by molar-refractivity contribution is 14.0. The van der Waals surface area contributed by atoms with E-state index in [1.807, 2.05) is 16.9 Å². The molecule has 0 saturated carbocycles. The average molecular weight is 520 g/mol. The summed E-state index contributed by atoms with van der Waals surface area (Å²) in [6.07, 6.45) is 7.20. The lowest BCUT2D eigenvalue weighted by Crippen LogP contribution is -2.37. The van der Waals surface area contributed by atoms with Gasteiger partial charge in [0.15, 0.2) is 11.8 Å². The van der Waals surface area contributed by atoms with E-state index >= 15 is 0 Å². The molecule has 2 N–H and O–H groups in total. The first-order valence-corrected chi connectivity index (χ1v) is 10.3. The van der Waals surface area contributed by atoms with Crippen LogP contribution in [0.2, 0.25) is 0 Å². The van der Waals surface area contributed by atoms with Crippen LogP contribution >= 0.6 is 24.0 Å². The van der Waals surface area contributed by atoms with Crippen molar-refractivity contribution >= 4 is 29.9 Å². The smallest absolute Gasteiger partial charge is 0.191 e. The zero-order chi connectivity index (χ0) is 19.9. The van der Waals surface area contributed by atoms with Gasteiger partial charge in [-0.25, -0.2) is 4.99 Å². The van der Waals surface area contributed by atoms with Crippen molar-refractivity contribution in [1.29, 1.82) is 0 Å². The van der Waals surface area contributed by atoms with Gasteiger partial charge in [0, 0.05) is 31.9 Å². The van der Waals surface area contributed by atoms with Gasteiger partial charge in [-0.2, -0.15) is 5.10 Å². The lowest BCUT2D eigenvalue weighted by atomic mass is 10.1. The SMILES string of the molecule is CCNC(=NCc1ccccc1Cn1cccn1)NCc1nnc2n1CCCC2.I. The topological polar surface area (TPSA) is 84.9 Å². The summed E-state index contributed by atoms with van der Waals surface area (Å²) in [6, 6.07) is 10.3. The van der Waals surface area contributed by atoms with E-state index < -0.39 is 0 Å². The molecule has 1 aliphatic heterocycles. The quantitative estimate of drug-likeness (QED) is 0.285. The Morgan fingerprint density at radius 2 is 1.97 bits per heavy atom. The molecule has 0 unspecified atom stereocenters. The number of halogens is 1. The number of nitrogens with zero attached hydrogens (tertiary/aromatic N) is 6. The zero-order valence-corrected chi connectivity index (χ0v) is 19.6. The van der Waals surface area contributed by atoms with E-state index in [1.54, 1.807) is 6.20 Å². The normalized spacial score (nSPS) is 13.4. The van der Waals surface area contributed by atoms with Crippen LogP contribution in [0.1, 0.15) is 42.5 Å². The molecule has 0 bridgehead atoms. The minimum atomic E-state index is 0. The number of rotatable bonds is 7. The highest BCUT2D eigenvalue weighted by Gasteiger charge is 2.15. The molecule has 1 aliphatic rings. The molecule has 0 saturated heterocycles. The Balaban J connectivity index is 0.00000256. The van der Waals surface area contributed by atoms with Crippen LogP contribution in [-0.2, 0) is 32.6 Å². The van der Waals surface area contributed by atoms with Crippen LogP contribution in [0.3, 0.4) is 0 Å². The van der Waals surface area contributed by atoms with Gasteiger partial charge in [-0.05, 0) is 37.0 Å². The molecule has 0 amide bonds. The van der Waals surface area contributed by atoms with Gasteiger partial charge in [0.1, 0.15) is 5.82 Å². The molecule has 3 aromatic rings. The van der Waals surface area contributed by atoms with E-state index in [9.17, 15) is 0 Å². The van der Waals surface area contributed by atoms with Gasteiger partial charge in [0.2, 0.25) is 0 Å². The van der Waals surface area contributed by atoms with Crippen LogP contribution < -0.4 is 10.6 Å². The van der Waals surface area contributed by atoms with Gasteiger partial charge >= 0.3 is 0 Å². The van der Waals surface area contributed by atoms with E-state index in [4.69, 9.17) is 4.99 Å². The standard InChI is InChI=1S/C21H28N8.HI/c1-2-22-21(24-15-20-27-26-19-10-5-6-13-29(19)20)23-14-17-8-3-4-9-18(17)16-28-12-7-11-25-28;/h3-4,7-9,11-12H,2,5-6,10,13-16H2,1H3,(H2,22,23,24);1H. The molecular formula is C21H29IN8. The zero-order valence-electron chi connectivity index (χ0n) is 17.3. The monoisotopic (exact) mass is 520 g/mol. The summed E-state index contributed by atoms with van der Waals surface area (Å²) in [4.78, 5) is 4.79. The number of nitrogens with one attached hydrogen (secondary N) is 2. The Hall–Kier alpha value is -2.43. The van der Waals surface area contributed by atoms with Gasteiger partial charge in [0.05, 0.1) is 19.6 Å². The first kappa shape index (κ1) is 22.3. The summed E-state index contributed by atoms with van der Waals surface area (Å²) < 4.78 is 4.17. The van der Waals surface area contributed by atoms with E-state index in [0.29, 0.717) is 13.1 Å². The molecule has 1 aromatic carbocycles. The summed E-state index contributed by atoms with van der Waals surface area (Å²) >= 11 is 0. The maximum absolute atomic E-state index is 4.79. The van der Waals surface area contributed by atoms with E-state index in [2.05, 4.69) is 61.7 Å². The van der Waals surface area contributed by atoms with Crippen molar-refractivity contribution in [3.63, 3.8) is 0 Å². The predicted octanol–water partition coefficient (Wildman–Crippen LogP) is 2.73. The van der Waals surface area contributed by atoms with Crippen molar-refractivity contribution in [2.45, 2.75) is 52.4 Å². The summed E-state index contributed by atoms with van der Waals surface area (Å²) in [5.74, 6) is 2.86. The Morgan fingerprint density at radius 1 is 1.10 bits per heavy atom. The third kappa shape index (κ3) is 5.59. The van der Waals surface area contributed by atoms with Gasteiger partial charge in [-0.1, -0.05) is 24.3 Å². The third-order valence-electron chi connectivity index (χ3n) is 5.11. The number of guanidine groups is 1. The lowest BCUT2D eigenvalue weighted by molar-refractivity contribution is 0.504. The van der Waals surface area contributed by atoms with Crippen LogP contribution in [-0.4, -0.2) is 37.0 Å². The molecule has 0 atom stereocenters. The molecule has 160 valence electrons. The van der Waals surface area contributed by atoms with Crippen molar-refractivity contribution in [3.05, 3.63) is 65.5 Å². The summed E-state index contributed by atoms with van der Waals surface area (Å²) in [7, 11) is 0. The average Bonchev–Trinajstić information content (AvgIpc) is 3.41. The Bertz CT molecular complexity index is 948. The first-order chi connectivity index (χ1) is 14.3.